The van der Waals surface area contributed by atoms with E-state index in [2.05, 4.69) is 16.8 Å². The molecule has 1 aromatic heterocycles. The average molecular weight is 221 g/mol. The summed E-state index contributed by atoms with van der Waals surface area (Å²) in [5.41, 5.74) is 8.04. The molecule has 4 heteroatoms. The van der Waals surface area contributed by atoms with Gasteiger partial charge in [-0.1, -0.05) is 6.92 Å². The molecule has 1 saturated heterocycles. The number of ether oxygens (including phenoxy) is 1. The predicted molar refractivity (Wildman–Crippen MR) is 64.4 cm³/mol. The minimum atomic E-state index is 0.340. The first-order valence-corrected chi connectivity index (χ1v) is 5.84. The molecule has 1 atom stereocenters. The number of aromatic nitrogens is 1. The lowest BCUT2D eigenvalue weighted by Crippen LogP contribution is -2.42. The summed E-state index contributed by atoms with van der Waals surface area (Å²) in [6.45, 7) is 5.38. The number of rotatable bonds is 3. The molecule has 1 aliphatic rings. The molecule has 0 spiro atoms. The highest BCUT2D eigenvalue weighted by molar-refractivity contribution is 5.52. The molecule has 0 amide bonds. The lowest BCUT2D eigenvalue weighted by atomic mass is 10.1. The standard InChI is InChI=1S/C12H19N3O/c1-2-11-9-15(5-6-16-11)12-3-4-14-8-10(12)7-13/h3-4,8,11H,2,5-7,9,13H2,1H3. The zero-order valence-corrected chi connectivity index (χ0v) is 9.72. The highest BCUT2D eigenvalue weighted by Gasteiger charge is 2.20. The van der Waals surface area contributed by atoms with E-state index in [-0.39, 0.29) is 0 Å². The van der Waals surface area contributed by atoms with Crippen LogP contribution in [0.2, 0.25) is 0 Å². The van der Waals surface area contributed by atoms with Crippen LogP contribution in [0.5, 0.6) is 0 Å². The van der Waals surface area contributed by atoms with Gasteiger partial charge in [0, 0.05) is 43.3 Å². The van der Waals surface area contributed by atoms with Crippen molar-refractivity contribution in [3.8, 4) is 0 Å². The van der Waals surface area contributed by atoms with Crippen LogP contribution in [0, 0.1) is 0 Å². The molecule has 1 aliphatic heterocycles. The fourth-order valence-electron chi connectivity index (χ4n) is 2.07. The van der Waals surface area contributed by atoms with Gasteiger partial charge in [0.05, 0.1) is 12.7 Å². The van der Waals surface area contributed by atoms with Gasteiger partial charge in [0.15, 0.2) is 0 Å². The number of anilines is 1. The summed E-state index contributed by atoms with van der Waals surface area (Å²) in [4.78, 5) is 6.46. The fourth-order valence-corrected chi connectivity index (χ4v) is 2.07. The van der Waals surface area contributed by atoms with Crippen molar-refractivity contribution in [2.45, 2.75) is 26.0 Å². The van der Waals surface area contributed by atoms with Crippen molar-refractivity contribution >= 4 is 5.69 Å². The summed E-state index contributed by atoms with van der Waals surface area (Å²) in [5.74, 6) is 0. The van der Waals surface area contributed by atoms with Crippen molar-refractivity contribution in [3.63, 3.8) is 0 Å². The SMILES string of the molecule is CCC1CN(c2ccncc2CN)CCO1. The summed E-state index contributed by atoms with van der Waals surface area (Å²) in [6.07, 6.45) is 5.07. The van der Waals surface area contributed by atoms with E-state index >= 15 is 0 Å². The van der Waals surface area contributed by atoms with Crippen LogP contribution in [0.3, 0.4) is 0 Å². The Morgan fingerprint density at radius 3 is 3.25 bits per heavy atom. The van der Waals surface area contributed by atoms with Gasteiger partial charge in [-0.2, -0.15) is 0 Å². The largest absolute Gasteiger partial charge is 0.375 e. The second-order valence-corrected chi connectivity index (χ2v) is 4.06. The van der Waals surface area contributed by atoms with Gasteiger partial charge in [-0.15, -0.1) is 0 Å². The Labute approximate surface area is 96.4 Å². The van der Waals surface area contributed by atoms with E-state index < -0.39 is 0 Å². The second-order valence-electron chi connectivity index (χ2n) is 4.06. The molecule has 1 aromatic rings. The maximum atomic E-state index is 5.73. The van der Waals surface area contributed by atoms with Gasteiger partial charge >= 0.3 is 0 Å². The number of hydrogen-bond donors (Lipinski definition) is 1. The third-order valence-electron chi connectivity index (χ3n) is 3.03. The van der Waals surface area contributed by atoms with Crippen LogP contribution in [-0.4, -0.2) is 30.8 Å². The smallest absolute Gasteiger partial charge is 0.0748 e. The van der Waals surface area contributed by atoms with Crippen LogP contribution in [0.15, 0.2) is 18.5 Å². The highest BCUT2D eigenvalue weighted by atomic mass is 16.5. The van der Waals surface area contributed by atoms with Crippen molar-refractivity contribution in [2.75, 3.05) is 24.6 Å². The first-order valence-electron chi connectivity index (χ1n) is 5.84. The Bertz CT molecular complexity index is 343. The summed E-state index contributed by atoms with van der Waals surface area (Å²) >= 11 is 0. The highest BCUT2D eigenvalue weighted by Crippen LogP contribution is 2.22. The van der Waals surface area contributed by atoms with Crippen molar-refractivity contribution in [2.24, 2.45) is 5.73 Å². The molecule has 0 aromatic carbocycles. The van der Waals surface area contributed by atoms with Gasteiger partial charge < -0.3 is 15.4 Å². The maximum absolute atomic E-state index is 5.73. The average Bonchev–Trinajstić information content (AvgIpc) is 2.38. The fraction of sp³-hybridized carbons (Fsp3) is 0.583. The molecule has 0 radical (unpaired) electrons. The van der Waals surface area contributed by atoms with Crippen molar-refractivity contribution in [1.82, 2.24) is 4.98 Å². The number of hydrogen-bond acceptors (Lipinski definition) is 4. The van der Waals surface area contributed by atoms with E-state index in [0.717, 1.165) is 31.7 Å². The minimum absolute atomic E-state index is 0.340. The van der Waals surface area contributed by atoms with E-state index in [4.69, 9.17) is 10.5 Å². The lowest BCUT2D eigenvalue weighted by Gasteiger charge is -2.35. The molecule has 1 fully saturated rings. The third-order valence-corrected chi connectivity index (χ3v) is 3.03. The minimum Gasteiger partial charge on any atom is -0.375 e. The van der Waals surface area contributed by atoms with Gasteiger partial charge in [0.2, 0.25) is 0 Å². The normalized spacial score (nSPS) is 21.1. The lowest BCUT2D eigenvalue weighted by molar-refractivity contribution is 0.0384. The molecule has 2 rings (SSSR count). The van der Waals surface area contributed by atoms with Crippen molar-refractivity contribution < 1.29 is 4.74 Å². The van der Waals surface area contributed by atoms with Crippen LogP contribution >= 0.6 is 0 Å². The molecule has 16 heavy (non-hydrogen) atoms. The van der Waals surface area contributed by atoms with Gasteiger partial charge in [-0.05, 0) is 12.5 Å². The zero-order valence-electron chi connectivity index (χ0n) is 9.72. The van der Waals surface area contributed by atoms with E-state index in [1.54, 1.807) is 0 Å². The predicted octanol–water partition coefficient (Wildman–Crippen LogP) is 1.16. The Balaban J connectivity index is 2.16. The van der Waals surface area contributed by atoms with Gasteiger partial charge in [-0.25, -0.2) is 0 Å². The van der Waals surface area contributed by atoms with Crippen molar-refractivity contribution in [1.29, 1.82) is 0 Å². The van der Waals surface area contributed by atoms with Crippen molar-refractivity contribution in [3.05, 3.63) is 24.0 Å². The summed E-state index contributed by atoms with van der Waals surface area (Å²) in [7, 11) is 0. The number of morpholine rings is 1. The Morgan fingerprint density at radius 2 is 2.50 bits per heavy atom. The Hall–Kier alpha value is -1.13. The molecule has 2 N–H and O–H groups in total. The molecule has 0 aliphatic carbocycles. The summed E-state index contributed by atoms with van der Waals surface area (Å²) in [6, 6.07) is 2.04. The van der Waals surface area contributed by atoms with Crippen LogP contribution in [-0.2, 0) is 11.3 Å². The quantitative estimate of drug-likeness (QED) is 0.832. The molecule has 0 bridgehead atoms. The third kappa shape index (κ3) is 2.33. The molecule has 0 saturated carbocycles. The van der Waals surface area contributed by atoms with Gasteiger partial charge in [0.25, 0.3) is 0 Å². The van der Waals surface area contributed by atoms with Crippen LogP contribution in [0.1, 0.15) is 18.9 Å². The zero-order chi connectivity index (χ0) is 11.4. The van der Waals surface area contributed by atoms with E-state index in [0.29, 0.717) is 12.6 Å². The molecular weight excluding hydrogens is 202 g/mol. The monoisotopic (exact) mass is 221 g/mol. The van der Waals surface area contributed by atoms with Crippen LogP contribution < -0.4 is 10.6 Å². The Kier molecular flexibility index (Phi) is 3.74. The van der Waals surface area contributed by atoms with Crippen LogP contribution in [0.4, 0.5) is 5.69 Å². The summed E-state index contributed by atoms with van der Waals surface area (Å²) < 4.78 is 5.66. The summed E-state index contributed by atoms with van der Waals surface area (Å²) in [5, 5.41) is 0. The van der Waals surface area contributed by atoms with Crippen LogP contribution in [0.25, 0.3) is 0 Å². The van der Waals surface area contributed by atoms with E-state index in [9.17, 15) is 0 Å². The van der Waals surface area contributed by atoms with Gasteiger partial charge in [0.1, 0.15) is 0 Å². The number of nitrogens with zero attached hydrogens (tertiary/aromatic N) is 2. The Morgan fingerprint density at radius 1 is 1.62 bits per heavy atom. The molecule has 1 unspecified atom stereocenters. The molecule has 4 nitrogen and oxygen atoms in total. The second kappa shape index (κ2) is 5.27. The van der Waals surface area contributed by atoms with Gasteiger partial charge in [-0.3, -0.25) is 4.98 Å². The molecule has 88 valence electrons. The topological polar surface area (TPSA) is 51.4 Å². The molecule has 2 heterocycles. The number of pyridine rings is 1. The molecular formula is C12H19N3O. The first kappa shape index (κ1) is 11.4. The number of nitrogens with two attached hydrogens (primary N) is 1. The maximum Gasteiger partial charge on any atom is 0.0748 e. The van der Waals surface area contributed by atoms with E-state index in [1.807, 2.05) is 18.5 Å². The first-order chi connectivity index (χ1) is 7.85. The van der Waals surface area contributed by atoms with E-state index in [1.165, 1.54) is 5.69 Å².